The summed E-state index contributed by atoms with van der Waals surface area (Å²) in [6.07, 6.45) is 3.28. The third-order valence-corrected chi connectivity index (χ3v) is 4.07. The molecule has 3 rings (SSSR count). The molecule has 5 nitrogen and oxygen atoms in total. The van der Waals surface area contributed by atoms with Gasteiger partial charge in [0, 0.05) is 41.9 Å². The number of benzene rings is 2. The maximum absolute atomic E-state index is 12.5. The smallest absolute Gasteiger partial charge is 0.255 e. The highest BCUT2D eigenvalue weighted by Gasteiger charge is 2.12. The van der Waals surface area contributed by atoms with Crippen LogP contribution in [-0.4, -0.2) is 10.9 Å². The number of rotatable bonds is 6. The van der Waals surface area contributed by atoms with Gasteiger partial charge < -0.3 is 16.4 Å². The van der Waals surface area contributed by atoms with E-state index in [-0.39, 0.29) is 11.9 Å². The highest BCUT2D eigenvalue weighted by Crippen LogP contribution is 2.24. The number of aromatic nitrogens is 1. The Morgan fingerprint density at radius 1 is 1.08 bits per heavy atom. The molecule has 0 aliphatic heterocycles. The summed E-state index contributed by atoms with van der Waals surface area (Å²) in [5.74, 6) is -0.171. The molecular weight excluding hydrogens is 324 g/mol. The Kier molecular flexibility index (Phi) is 5.61. The van der Waals surface area contributed by atoms with Gasteiger partial charge in [0.05, 0.1) is 0 Å². The largest absolute Gasteiger partial charge is 0.381 e. The molecule has 1 unspecified atom stereocenters. The first-order valence-corrected chi connectivity index (χ1v) is 8.52. The molecule has 4 N–H and O–H groups in total. The Morgan fingerprint density at radius 3 is 2.50 bits per heavy atom. The van der Waals surface area contributed by atoms with E-state index in [1.165, 1.54) is 0 Å². The average Bonchev–Trinajstić information content (AvgIpc) is 2.67. The topological polar surface area (TPSA) is 80.0 Å². The fourth-order valence-electron chi connectivity index (χ4n) is 2.68. The first-order valence-electron chi connectivity index (χ1n) is 8.52. The molecule has 3 aromatic rings. The van der Waals surface area contributed by atoms with Gasteiger partial charge in [0.2, 0.25) is 0 Å². The van der Waals surface area contributed by atoms with Crippen LogP contribution < -0.4 is 16.4 Å². The summed E-state index contributed by atoms with van der Waals surface area (Å²) in [5.41, 5.74) is 10.4. The quantitative estimate of drug-likeness (QED) is 0.631. The fourth-order valence-corrected chi connectivity index (χ4v) is 2.68. The number of nitrogens with one attached hydrogen (secondary N) is 2. The summed E-state index contributed by atoms with van der Waals surface area (Å²) in [6.45, 7) is 2.59. The van der Waals surface area contributed by atoms with Crippen LogP contribution in [-0.2, 0) is 6.54 Å². The zero-order chi connectivity index (χ0) is 18.4. The Hall–Kier alpha value is -3.18. The average molecular weight is 346 g/mol. The number of hydrogen-bond donors (Lipinski definition) is 3. The van der Waals surface area contributed by atoms with Crippen LogP contribution in [0.4, 0.5) is 11.4 Å². The summed E-state index contributed by atoms with van der Waals surface area (Å²) >= 11 is 0. The molecule has 1 amide bonds. The normalized spacial score (nSPS) is 11.6. The van der Waals surface area contributed by atoms with E-state index in [0.717, 1.165) is 16.8 Å². The molecule has 0 spiro atoms. The van der Waals surface area contributed by atoms with Gasteiger partial charge in [-0.15, -0.1) is 0 Å². The van der Waals surface area contributed by atoms with Gasteiger partial charge in [0.25, 0.3) is 5.91 Å². The molecule has 1 aromatic heterocycles. The van der Waals surface area contributed by atoms with Crippen molar-refractivity contribution in [2.24, 2.45) is 5.73 Å². The van der Waals surface area contributed by atoms with Crippen LogP contribution >= 0.6 is 0 Å². The van der Waals surface area contributed by atoms with E-state index in [9.17, 15) is 4.79 Å². The fraction of sp³-hybridized carbons (Fsp3) is 0.143. The molecule has 132 valence electrons. The lowest BCUT2D eigenvalue weighted by Gasteiger charge is -2.16. The zero-order valence-electron chi connectivity index (χ0n) is 14.6. The summed E-state index contributed by atoms with van der Waals surface area (Å²) in [7, 11) is 0. The van der Waals surface area contributed by atoms with E-state index < -0.39 is 0 Å². The summed E-state index contributed by atoms with van der Waals surface area (Å²) in [5, 5.41) is 6.27. The van der Waals surface area contributed by atoms with Crippen LogP contribution in [0.25, 0.3) is 0 Å². The first kappa shape index (κ1) is 17.6. The molecule has 0 saturated carbocycles. The second-order valence-electron chi connectivity index (χ2n) is 6.12. The molecular formula is C21H22N4O. The number of nitrogens with zero attached hydrogens (tertiary/aromatic N) is 1. The Morgan fingerprint density at radius 2 is 1.81 bits per heavy atom. The monoisotopic (exact) mass is 346 g/mol. The van der Waals surface area contributed by atoms with Gasteiger partial charge in [-0.05, 0) is 42.3 Å². The van der Waals surface area contributed by atoms with Crippen molar-refractivity contribution in [2.75, 3.05) is 10.6 Å². The van der Waals surface area contributed by atoms with Gasteiger partial charge in [-0.1, -0.05) is 36.4 Å². The molecule has 0 aliphatic rings. The van der Waals surface area contributed by atoms with E-state index in [0.29, 0.717) is 17.8 Å². The summed E-state index contributed by atoms with van der Waals surface area (Å²) in [4.78, 5) is 16.5. The molecule has 0 saturated heterocycles. The van der Waals surface area contributed by atoms with Crippen molar-refractivity contribution in [1.82, 2.24) is 4.98 Å². The number of pyridine rings is 1. The van der Waals surface area contributed by atoms with Crippen LogP contribution in [0.1, 0.15) is 34.5 Å². The Balaban J connectivity index is 1.80. The van der Waals surface area contributed by atoms with E-state index in [1.54, 1.807) is 30.6 Å². The minimum atomic E-state index is -0.171. The molecule has 0 bridgehead atoms. The predicted molar refractivity (Wildman–Crippen MR) is 105 cm³/mol. The van der Waals surface area contributed by atoms with Crippen LogP contribution in [0.15, 0.2) is 73.1 Å². The number of carbonyl (C=O) groups excluding carboxylic acids is 1. The van der Waals surface area contributed by atoms with Crippen LogP contribution in [0.5, 0.6) is 0 Å². The number of hydrogen-bond acceptors (Lipinski definition) is 4. The number of amides is 1. The third-order valence-electron chi connectivity index (χ3n) is 4.07. The van der Waals surface area contributed by atoms with Gasteiger partial charge in [0.15, 0.2) is 0 Å². The first-order chi connectivity index (χ1) is 12.6. The van der Waals surface area contributed by atoms with Crippen molar-refractivity contribution in [3.63, 3.8) is 0 Å². The van der Waals surface area contributed by atoms with Crippen molar-refractivity contribution in [3.8, 4) is 0 Å². The zero-order valence-corrected chi connectivity index (χ0v) is 14.6. The Bertz CT molecular complexity index is 864. The van der Waals surface area contributed by atoms with Gasteiger partial charge in [-0.2, -0.15) is 0 Å². The number of nitrogens with two attached hydrogens (primary N) is 1. The van der Waals surface area contributed by atoms with Crippen LogP contribution in [0.3, 0.4) is 0 Å². The Labute approximate surface area is 153 Å². The highest BCUT2D eigenvalue weighted by molar-refractivity contribution is 6.04. The number of anilines is 2. The standard InChI is InChI=1S/C21H22N4O/c1-15(22)19-8-7-17(21(26)25-18-9-11-23-12-10-18)13-20(19)24-14-16-5-3-2-4-6-16/h2-13,15,24H,14,22H2,1H3,(H,23,25,26). The van der Waals surface area contributed by atoms with Crippen LogP contribution in [0, 0.1) is 0 Å². The molecule has 0 fully saturated rings. The van der Waals surface area contributed by atoms with Crippen molar-refractivity contribution in [3.05, 3.63) is 89.7 Å². The number of carbonyl (C=O) groups is 1. The van der Waals surface area contributed by atoms with E-state index in [4.69, 9.17) is 5.73 Å². The molecule has 5 heteroatoms. The second-order valence-corrected chi connectivity index (χ2v) is 6.12. The maximum atomic E-state index is 12.5. The van der Waals surface area contributed by atoms with Crippen LogP contribution in [0.2, 0.25) is 0 Å². The molecule has 0 aliphatic carbocycles. The van der Waals surface area contributed by atoms with E-state index >= 15 is 0 Å². The van der Waals surface area contributed by atoms with E-state index in [1.807, 2.05) is 37.3 Å². The van der Waals surface area contributed by atoms with Crippen molar-refractivity contribution in [2.45, 2.75) is 19.5 Å². The highest BCUT2D eigenvalue weighted by atomic mass is 16.1. The van der Waals surface area contributed by atoms with Gasteiger partial charge in [-0.25, -0.2) is 0 Å². The summed E-state index contributed by atoms with van der Waals surface area (Å²) in [6, 6.07) is 19.0. The second kappa shape index (κ2) is 8.27. The minimum Gasteiger partial charge on any atom is -0.381 e. The predicted octanol–water partition coefficient (Wildman–Crippen LogP) is 3.97. The minimum absolute atomic E-state index is 0.134. The molecule has 26 heavy (non-hydrogen) atoms. The molecule has 0 radical (unpaired) electrons. The van der Waals surface area contributed by atoms with Gasteiger partial charge in [-0.3, -0.25) is 9.78 Å². The maximum Gasteiger partial charge on any atom is 0.255 e. The summed E-state index contributed by atoms with van der Waals surface area (Å²) < 4.78 is 0. The SMILES string of the molecule is CC(N)c1ccc(C(=O)Nc2ccncc2)cc1NCc1ccccc1. The van der Waals surface area contributed by atoms with Crippen molar-refractivity contribution in [1.29, 1.82) is 0 Å². The third kappa shape index (κ3) is 4.46. The lowest BCUT2D eigenvalue weighted by atomic mass is 10.0. The van der Waals surface area contributed by atoms with Crippen molar-refractivity contribution < 1.29 is 4.79 Å². The molecule has 1 heterocycles. The lowest BCUT2D eigenvalue weighted by molar-refractivity contribution is 0.102. The van der Waals surface area contributed by atoms with Gasteiger partial charge >= 0.3 is 0 Å². The molecule has 1 atom stereocenters. The lowest BCUT2D eigenvalue weighted by Crippen LogP contribution is -2.15. The van der Waals surface area contributed by atoms with Gasteiger partial charge in [0.1, 0.15) is 0 Å². The van der Waals surface area contributed by atoms with E-state index in [2.05, 4.69) is 27.8 Å². The molecule has 2 aromatic carbocycles. The van der Waals surface area contributed by atoms with Crippen molar-refractivity contribution >= 4 is 17.3 Å².